The molecule has 1 heterocycles. The Balaban J connectivity index is 0.00000242. The van der Waals surface area contributed by atoms with Gasteiger partial charge in [0.15, 0.2) is 0 Å². The Hall–Kier alpha value is -0.882. The second-order valence-corrected chi connectivity index (χ2v) is 6.37. The van der Waals surface area contributed by atoms with Crippen LogP contribution in [0.2, 0.25) is 0 Å². The predicted octanol–water partition coefficient (Wildman–Crippen LogP) is 5.59. The minimum atomic E-state index is 0. The third kappa shape index (κ3) is 4.10. The van der Waals surface area contributed by atoms with E-state index in [4.69, 9.17) is 5.10 Å². The number of hydrogen-bond acceptors (Lipinski definition) is 1. The topological polar surface area (TPSA) is 17.8 Å². The van der Waals surface area contributed by atoms with E-state index in [2.05, 4.69) is 69.6 Å². The molecule has 3 heteroatoms. The molecule has 0 spiro atoms. The molecule has 0 atom stereocenters. The molecule has 2 rings (SSSR count). The fourth-order valence-electron chi connectivity index (χ4n) is 2.82. The fraction of sp³-hybridized carbons (Fsp3) is 0.526. The third-order valence-corrected chi connectivity index (χ3v) is 3.90. The molecule has 0 aliphatic rings. The Kier molecular flexibility index (Phi) is 7.56. The zero-order valence-electron chi connectivity index (χ0n) is 14.4. The van der Waals surface area contributed by atoms with Crippen molar-refractivity contribution in [2.75, 3.05) is 0 Å². The summed E-state index contributed by atoms with van der Waals surface area (Å²) in [6.45, 7) is 11.2. The molecule has 22 heavy (non-hydrogen) atoms. The zero-order valence-corrected chi connectivity index (χ0v) is 16.6. The van der Waals surface area contributed by atoms with Gasteiger partial charge in [0, 0.05) is 38.4 Å². The maximum absolute atomic E-state index is 4.96. The summed E-state index contributed by atoms with van der Waals surface area (Å²) in [5.41, 5.74) is 5.31. The minimum Gasteiger partial charge on any atom is -0.266 e. The molecule has 1 aromatic carbocycles. The number of hydrogen-bond donors (Lipinski definition) is 0. The summed E-state index contributed by atoms with van der Waals surface area (Å²) in [5, 5.41) is 4.96. The van der Waals surface area contributed by atoms with Crippen molar-refractivity contribution in [2.24, 2.45) is 0 Å². The van der Waals surface area contributed by atoms with Gasteiger partial charge >= 0.3 is 0 Å². The van der Waals surface area contributed by atoms with E-state index in [1.54, 1.807) is 0 Å². The van der Waals surface area contributed by atoms with Gasteiger partial charge in [0.25, 0.3) is 0 Å². The Labute approximate surface area is 149 Å². The summed E-state index contributed by atoms with van der Waals surface area (Å²) in [5.74, 6) is 0.445. The zero-order chi connectivity index (χ0) is 15.4. The Morgan fingerprint density at radius 2 is 1.68 bits per heavy atom. The van der Waals surface area contributed by atoms with Crippen molar-refractivity contribution < 1.29 is 21.1 Å². The molecule has 0 bridgehead atoms. The van der Waals surface area contributed by atoms with Gasteiger partial charge in [0.05, 0.1) is 5.69 Å². The van der Waals surface area contributed by atoms with E-state index >= 15 is 0 Å². The van der Waals surface area contributed by atoms with E-state index in [-0.39, 0.29) is 21.1 Å². The van der Waals surface area contributed by atoms with Crippen LogP contribution in [0.1, 0.15) is 70.8 Å². The van der Waals surface area contributed by atoms with Gasteiger partial charge in [-0.05, 0) is 38.2 Å². The van der Waals surface area contributed by atoms with Gasteiger partial charge in [0.2, 0.25) is 0 Å². The first kappa shape index (κ1) is 19.2. The SMILES string of the molecule is CCCCc1c(-c2ccccc2)c(C(C)C)nn1C(C)C.[Pt]. The van der Waals surface area contributed by atoms with Crippen LogP contribution >= 0.6 is 0 Å². The van der Waals surface area contributed by atoms with E-state index in [9.17, 15) is 0 Å². The predicted molar refractivity (Wildman–Crippen MR) is 90.7 cm³/mol. The molecule has 0 saturated heterocycles. The summed E-state index contributed by atoms with van der Waals surface area (Å²) < 4.78 is 2.24. The third-order valence-electron chi connectivity index (χ3n) is 3.90. The molecule has 0 radical (unpaired) electrons. The van der Waals surface area contributed by atoms with Crippen LogP contribution < -0.4 is 0 Å². The largest absolute Gasteiger partial charge is 0.266 e. The van der Waals surface area contributed by atoms with Crippen LogP contribution in [0.15, 0.2) is 30.3 Å². The van der Waals surface area contributed by atoms with Gasteiger partial charge < -0.3 is 0 Å². The Morgan fingerprint density at radius 1 is 1.05 bits per heavy atom. The van der Waals surface area contributed by atoms with Crippen molar-refractivity contribution in [3.05, 3.63) is 41.7 Å². The van der Waals surface area contributed by atoms with E-state index in [0.717, 1.165) is 6.42 Å². The average molecular weight is 480 g/mol. The normalized spacial score (nSPS) is 11.0. The molecule has 0 saturated carbocycles. The van der Waals surface area contributed by atoms with Gasteiger partial charge in [0.1, 0.15) is 0 Å². The first-order valence-corrected chi connectivity index (χ1v) is 8.22. The fourth-order valence-corrected chi connectivity index (χ4v) is 2.82. The van der Waals surface area contributed by atoms with Crippen LogP contribution in [0.5, 0.6) is 0 Å². The van der Waals surface area contributed by atoms with Crippen molar-refractivity contribution in [2.45, 2.75) is 65.8 Å². The van der Waals surface area contributed by atoms with Gasteiger partial charge in [-0.2, -0.15) is 5.10 Å². The molecule has 0 aliphatic carbocycles. The summed E-state index contributed by atoms with van der Waals surface area (Å²) in [6.07, 6.45) is 3.54. The summed E-state index contributed by atoms with van der Waals surface area (Å²) in [6, 6.07) is 11.2. The monoisotopic (exact) mass is 479 g/mol. The summed E-state index contributed by atoms with van der Waals surface area (Å²) in [7, 11) is 0. The molecule has 2 aromatic rings. The first-order chi connectivity index (χ1) is 10.1. The second-order valence-electron chi connectivity index (χ2n) is 6.37. The molecule has 0 aliphatic heterocycles. The number of rotatable bonds is 6. The Bertz CT molecular complexity index is 571. The average Bonchev–Trinajstić information content (AvgIpc) is 2.85. The smallest absolute Gasteiger partial charge is 0.0731 e. The van der Waals surface area contributed by atoms with Crippen LogP contribution in [-0.4, -0.2) is 9.78 Å². The maximum Gasteiger partial charge on any atom is 0.0731 e. The molecule has 2 nitrogen and oxygen atoms in total. The first-order valence-electron chi connectivity index (χ1n) is 8.22. The van der Waals surface area contributed by atoms with Crippen LogP contribution in [0.4, 0.5) is 0 Å². The summed E-state index contributed by atoms with van der Waals surface area (Å²) in [4.78, 5) is 0. The van der Waals surface area contributed by atoms with Crippen LogP contribution in [0.25, 0.3) is 11.1 Å². The number of unbranched alkanes of at least 4 members (excludes halogenated alkanes) is 1. The van der Waals surface area contributed by atoms with Crippen molar-refractivity contribution in [3.8, 4) is 11.1 Å². The van der Waals surface area contributed by atoms with Crippen LogP contribution in [0, 0.1) is 0 Å². The van der Waals surface area contributed by atoms with E-state index in [1.165, 1.54) is 35.4 Å². The second kappa shape index (κ2) is 8.67. The van der Waals surface area contributed by atoms with Crippen LogP contribution in [-0.2, 0) is 27.5 Å². The van der Waals surface area contributed by atoms with E-state index in [1.807, 2.05) is 0 Å². The molecular formula is C19H28N2Pt. The molecule has 0 N–H and O–H groups in total. The maximum atomic E-state index is 4.96. The van der Waals surface area contributed by atoms with Gasteiger partial charge in [-0.1, -0.05) is 57.5 Å². The summed E-state index contributed by atoms with van der Waals surface area (Å²) >= 11 is 0. The number of benzene rings is 1. The Morgan fingerprint density at radius 3 is 2.18 bits per heavy atom. The standard InChI is InChI=1S/C19H28N2.Pt/c1-6-7-13-17-18(16-11-9-8-10-12-16)19(14(2)3)20-21(17)15(4)5;/h8-12,14-15H,6-7,13H2,1-5H3;. The van der Waals surface area contributed by atoms with Crippen molar-refractivity contribution in [1.29, 1.82) is 0 Å². The molecule has 0 amide bonds. The molecule has 124 valence electrons. The molecule has 1 aromatic heterocycles. The van der Waals surface area contributed by atoms with Crippen LogP contribution in [0.3, 0.4) is 0 Å². The van der Waals surface area contributed by atoms with Gasteiger partial charge in [-0.25, -0.2) is 0 Å². The molecular weight excluding hydrogens is 451 g/mol. The van der Waals surface area contributed by atoms with Gasteiger partial charge in [-0.3, -0.25) is 4.68 Å². The minimum absolute atomic E-state index is 0. The molecule has 0 fully saturated rings. The van der Waals surface area contributed by atoms with E-state index < -0.39 is 0 Å². The van der Waals surface area contributed by atoms with Crippen molar-refractivity contribution >= 4 is 0 Å². The van der Waals surface area contributed by atoms with Gasteiger partial charge in [-0.15, -0.1) is 0 Å². The number of nitrogens with zero attached hydrogens (tertiary/aromatic N) is 2. The molecule has 0 unspecified atom stereocenters. The van der Waals surface area contributed by atoms with Crippen molar-refractivity contribution in [1.82, 2.24) is 9.78 Å². The van der Waals surface area contributed by atoms with E-state index in [0.29, 0.717) is 12.0 Å². The quantitative estimate of drug-likeness (QED) is 0.528. The number of aromatic nitrogens is 2. The van der Waals surface area contributed by atoms with Crippen molar-refractivity contribution in [3.63, 3.8) is 0 Å².